The van der Waals surface area contributed by atoms with Crippen LogP contribution in [0.5, 0.6) is 0 Å². The van der Waals surface area contributed by atoms with Crippen molar-refractivity contribution in [1.29, 1.82) is 5.26 Å². The van der Waals surface area contributed by atoms with Crippen molar-refractivity contribution in [2.45, 2.75) is 0 Å². The third-order valence-electron chi connectivity index (χ3n) is 0.0913. The molecule has 0 aromatic carbocycles. The lowest BCUT2D eigenvalue weighted by Gasteiger charge is -1.31. The van der Waals surface area contributed by atoms with Gasteiger partial charge in [0.05, 0.1) is 6.07 Å². The number of halogens is 1. The highest BCUT2D eigenvalue weighted by molar-refractivity contribution is 6.25. The third-order valence-corrected chi connectivity index (χ3v) is 0.0913. The Morgan fingerprint density at radius 2 is 1.71 bits per heavy atom. The summed E-state index contributed by atoms with van der Waals surface area (Å²) in [4.78, 5) is 0. The first-order chi connectivity index (χ1) is 3.33. The first-order valence-electron chi connectivity index (χ1n) is 1.55. The predicted molar refractivity (Wildman–Crippen MR) is 31.9 cm³/mol. The van der Waals surface area contributed by atoms with Crippen molar-refractivity contribution in [2.24, 2.45) is 0 Å². The lowest BCUT2D eigenvalue weighted by Crippen LogP contribution is -1.23. The van der Waals surface area contributed by atoms with Crippen LogP contribution in [0.15, 0.2) is 24.8 Å². The average Bonchev–Trinajstić information content (AvgIpc) is 1.69. The van der Waals surface area contributed by atoms with Gasteiger partial charge in [-0.05, 0) is 5.54 Å². The van der Waals surface area contributed by atoms with Gasteiger partial charge in [0, 0.05) is 6.08 Å². The fraction of sp³-hybridized carbons (Fsp3) is 0. The van der Waals surface area contributed by atoms with Crippen molar-refractivity contribution >= 4 is 11.6 Å². The maximum Gasteiger partial charge on any atom is 0.0905 e. The summed E-state index contributed by atoms with van der Waals surface area (Å²) >= 11 is 4.76. The predicted octanol–water partition coefficient (Wildman–Crippen LogP) is 2.06. The van der Waals surface area contributed by atoms with Gasteiger partial charge < -0.3 is 0 Å². The van der Waals surface area contributed by atoms with Crippen LogP contribution in [0.3, 0.4) is 0 Å². The van der Waals surface area contributed by atoms with E-state index in [1.807, 2.05) is 0 Å². The maximum absolute atomic E-state index is 7.51. The molecule has 0 aliphatic rings. The molecular weight excluding hydrogens is 110 g/mol. The number of nitriles is 1. The molecule has 0 heterocycles. The van der Waals surface area contributed by atoms with Gasteiger partial charge in [0.15, 0.2) is 0 Å². The van der Waals surface area contributed by atoms with Crippen LogP contribution in [0.1, 0.15) is 0 Å². The van der Waals surface area contributed by atoms with E-state index in [0.29, 0.717) is 0 Å². The Morgan fingerprint density at radius 1 is 1.57 bits per heavy atom. The van der Waals surface area contributed by atoms with Gasteiger partial charge in [0.1, 0.15) is 0 Å². The summed E-state index contributed by atoms with van der Waals surface area (Å²) in [6.45, 7) is 6.24. The molecule has 0 bridgehead atoms. The zero-order valence-corrected chi connectivity index (χ0v) is 4.65. The Balaban J connectivity index is 0. The summed E-state index contributed by atoms with van der Waals surface area (Å²) in [5, 5.41) is 7.51. The summed E-state index contributed by atoms with van der Waals surface area (Å²) in [5.41, 5.74) is 1.22. The third kappa shape index (κ3) is 827. The van der Waals surface area contributed by atoms with Crippen molar-refractivity contribution in [1.82, 2.24) is 0 Å². The number of rotatable bonds is 0. The van der Waals surface area contributed by atoms with E-state index < -0.39 is 0 Å². The molecule has 38 valence electrons. The van der Waals surface area contributed by atoms with Gasteiger partial charge >= 0.3 is 0 Å². The first-order valence-corrected chi connectivity index (χ1v) is 1.98. The molecule has 0 rings (SSSR count). The summed E-state index contributed by atoms with van der Waals surface area (Å²) < 4.78 is 0. The topological polar surface area (TPSA) is 23.8 Å². The van der Waals surface area contributed by atoms with Crippen molar-refractivity contribution < 1.29 is 0 Å². The van der Waals surface area contributed by atoms with E-state index in [9.17, 15) is 0 Å². The largest absolute Gasteiger partial charge is 0.193 e. The standard InChI is InChI=1S/C3H3N.C2H3Cl/c1-2-3-4;1-2-3/h2H,1H2;2H,1H2. The van der Waals surface area contributed by atoms with Gasteiger partial charge in [-0.25, -0.2) is 0 Å². The summed E-state index contributed by atoms with van der Waals surface area (Å²) in [6, 6.07) is 1.69. The lowest BCUT2D eigenvalue weighted by atomic mass is 10.8. The van der Waals surface area contributed by atoms with Gasteiger partial charge in [-0.2, -0.15) is 5.26 Å². The van der Waals surface area contributed by atoms with Crippen molar-refractivity contribution in [3.8, 4) is 6.07 Å². The Morgan fingerprint density at radius 3 is 1.71 bits per heavy atom. The molecule has 0 saturated carbocycles. The fourth-order valence-electron chi connectivity index (χ4n) is 0. The molecule has 0 spiro atoms. The van der Waals surface area contributed by atoms with Crippen LogP contribution in [-0.4, -0.2) is 0 Å². The molecule has 0 atom stereocenters. The highest BCUT2D eigenvalue weighted by Crippen LogP contribution is 1.60. The van der Waals surface area contributed by atoms with Crippen molar-refractivity contribution in [3.05, 3.63) is 24.8 Å². The fourth-order valence-corrected chi connectivity index (χ4v) is 0. The number of nitrogens with zero attached hydrogens (tertiary/aromatic N) is 1. The molecular formula is C5H6ClN. The summed E-state index contributed by atoms with van der Waals surface area (Å²) in [6.07, 6.45) is 1.18. The van der Waals surface area contributed by atoms with E-state index in [2.05, 4.69) is 13.2 Å². The molecule has 7 heavy (non-hydrogen) atoms. The zero-order valence-electron chi connectivity index (χ0n) is 3.89. The van der Waals surface area contributed by atoms with Gasteiger partial charge in [-0.15, -0.1) is 0 Å². The van der Waals surface area contributed by atoms with Gasteiger partial charge in [-0.3, -0.25) is 0 Å². The second-order valence-electron chi connectivity index (χ2n) is 0.488. The number of hydrogen-bond acceptors (Lipinski definition) is 1. The van der Waals surface area contributed by atoms with E-state index in [1.54, 1.807) is 6.07 Å². The Labute approximate surface area is 48.5 Å². The summed E-state index contributed by atoms with van der Waals surface area (Å²) in [7, 11) is 0. The summed E-state index contributed by atoms with van der Waals surface area (Å²) in [5.74, 6) is 0. The molecule has 0 unspecified atom stereocenters. The Kier molecular flexibility index (Phi) is 25.5. The quantitative estimate of drug-likeness (QED) is 0.444. The molecule has 0 fully saturated rings. The van der Waals surface area contributed by atoms with E-state index in [-0.39, 0.29) is 0 Å². The molecule has 0 saturated heterocycles. The molecule has 0 N–H and O–H groups in total. The minimum atomic E-state index is 1.18. The number of allylic oxidation sites excluding steroid dienone is 1. The average molecular weight is 116 g/mol. The highest BCUT2D eigenvalue weighted by atomic mass is 35.5. The highest BCUT2D eigenvalue weighted by Gasteiger charge is 1.34. The van der Waals surface area contributed by atoms with Gasteiger partial charge in [-0.1, -0.05) is 24.8 Å². The number of hydrogen-bond donors (Lipinski definition) is 0. The normalized spacial score (nSPS) is 4.00. The minimum Gasteiger partial charge on any atom is -0.193 e. The molecule has 1 nitrogen and oxygen atoms in total. The van der Waals surface area contributed by atoms with Crippen LogP contribution in [0.25, 0.3) is 0 Å². The van der Waals surface area contributed by atoms with E-state index in [4.69, 9.17) is 16.9 Å². The van der Waals surface area contributed by atoms with Gasteiger partial charge in [0.25, 0.3) is 0 Å². The maximum atomic E-state index is 7.51. The molecule has 0 amide bonds. The van der Waals surface area contributed by atoms with Crippen LogP contribution in [0.4, 0.5) is 0 Å². The molecule has 0 aromatic rings. The minimum absolute atomic E-state index is 1.18. The monoisotopic (exact) mass is 115 g/mol. The van der Waals surface area contributed by atoms with Crippen molar-refractivity contribution in [3.63, 3.8) is 0 Å². The van der Waals surface area contributed by atoms with Crippen LogP contribution >= 0.6 is 11.6 Å². The lowest BCUT2D eigenvalue weighted by molar-refractivity contribution is 1.54. The Hall–Kier alpha value is -0.740. The van der Waals surface area contributed by atoms with Gasteiger partial charge in [0.2, 0.25) is 0 Å². The second kappa shape index (κ2) is 18.7. The molecule has 0 aliphatic heterocycles. The van der Waals surface area contributed by atoms with E-state index in [0.717, 1.165) is 0 Å². The van der Waals surface area contributed by atoms with E-state index >= 15 is 0 Å². The molecule has 0 aliphatic carbocycles. The Bertz CT molecular complexity index is 80.6. The molecule has 0 aromatic heterocycles. The SMILES string of the molecule is C=CC#N.C=CCl. The molecule has 2 heteroatoms. The van der Waals surface area contributed by atoms with Crippen LogP contribution in [-0.2, 0) is 0 Å². The zero-order chi connectivity index (χ0) is 6.12. The first kappa shape index (κ1) is 9.54. The van der Waals surface area contributed by atoms with Crippen LogP contribution in [0, 0.1) is 11.3 Å². The van der Waals surface area contributed by atoms with Crippen LogP contribution in [0.2, 0.25) is 0 Å². The van der Waals surface area contributed by atoms with Crippen molar-refractivity contribution in [2.75, 3.05) is 0 Å². The second-order valence-corrected chi connectivity index (χ2v) is 0.796. The van der Waals surface area contributed by atoms with E-state index in [1.165, 1.54) is 11.6 Å². The van der Waals surface area contributed by atoms with Crippen LogP contribution < -0.4 is 0 Å². The molecule has 0 radical (unpaired) electrons. The smallest absolute Gasteiger partial charge is 0.0905 e.